The van der Waals surface area contributed by atoms with Crippen LogP contribution in [-0.4, -0.2) is 5.71 Å². The average molecular weight is 258 g/mol. The molecule has 0 amide bonds. The maximum Gasteiger partial charge on any atom is 0.0689 e. The van der Waals surface area contributed by atoms with Crippen molar-refractivity contribution in [2.75, 3.05) is 0 Å². The van der Waals surface area contributed by atoms with E-state index in [0.717, 1.165) is 22.3 Å². The van der Waals surface area contributed by atoms with Gasteiger partial charge in [0.2, 0.25) is 0 Å². The number of benzene rings is 2. The Morgan fingerprint density at radius 3 is 1.94 bits per heavy atom. The van der Waals surface area contributed by atoms with Crippen molar-refractivity contribution in [1.29, 1.82) is 5.41 Å². The van der Waals surface area contributed by atoms with E-state index in [9.17, 15) is 0 Å². The van der Waals surface area contributed by atoms with Gasteiger partial charge < -0.3 is 0 Å². The molecule has 0 heterocycles. The summed E-state index contributed by atoms with van der Waals surface area (Å²) < 4.78 is 0. The van der Waals surface area contributed by atoms with Gasteiger partial charge in [-0.2, -0.15) is 0 Å². The van der Waals surface area contributed by atoms with E-state index in [-0.39, 0.29) is 0 Å². The van der Waals surface area contributed by atoms with E-state index >= 15 is 0 Å². The summed E-state index contributed by atoms with van der Waals surface area (Å²) in [5, 5.41) is 9.05. The van der Waals surface area contributed by atoms with Gasteiger partial charge in [-0.25, -0.2) is 0 Å². The van der Waals surface area contributed by atoms with Gasteiger partial charge in [-0.1, -0.05) is 41.4 Å². The monoisotopic (exact) mass is 257 g/mol. The maximum absolute atomic E-state index is 8.35. The van der Waals surface area contributed by atoms with E-state index in [1.165, 1.54) is 5.56 Å². The molecule has 0 atom stereocenters. The molecule has 0 radical (unpaired) electrons. The van der Waals surface area contributed by atoms with E-state index in [4.69, 9.17) is 17.0 Å². The Morgan fingerprint density at radius 1 is 0.944 bits per heavy atom. The molecule has 92 valence electrons. The lowest BCUT2D eigenvalue weighted by Gasteiger charge is -2.12. The van der Waals surface area contributed by atoms with Crippen LogP contribution in [0.3, 0.4) is 0 Å². The lowest BCUT2D eigenvalue weighted by atomic mass is 9.93. The second kappa shape index (κ2) is 4.95. The highest BCUT2D eigenvalue weighted by Crippen LogP contribution is 2.21. The van der Waals surface area contributed by atoms with Gasteiger partial charge in [-0.3, -0.25) is 5.41 Å². The molecule has 2 heteroatoms. The molecule has 0 spiro atoms. The van der Waals surface area contributed by atoms with Gasteiger partial charge in [0.15, 0.2) is 0 Å². The van der Waals surface area contributed by atoms with Crippen molar-refractivity contribution in [3.8, 4) is 0 Å². The first-order chi connectivity index (χ1) is 8.49. The third-order valence-electron chi connectivity index (χ3n) is 3.06. The molecule has 0 fully saturated rings. The molecule has 0 unspecified atom stereocenters. The zero-order valence-corrected chi connectivity index (χ0v) is 11.6. The minimum Gasteiger partial charge on any atom is -0.300 e. The van der Waals surface area contributed by atoms with E-state index in [0.29, 0.717) is 10.7 Å². The van der Waals surface area contributed by atoms with Crippen LogP contribution in [0.1, 0.15) is 27.8 Å². The van der Waals surface area contributed by atoms with Crippen molar-refractivity contribution in [2.45, 2.75) is 20.8 Å². The summed E-state index contributed by atoms with van der Waals surface area (Å²) in [6.07, 6.45) is 0. The van der Waals surface area contributed by atoms with Gasteiger partial charge in [0.25, 0.3) is 0 Å². The summed E-state index contributed by atoms with van der Waals surface area (Å²) in [5.74, 6) is 0. The first-order valence-corrected chi connectivity index (χ1v) is 6.29. The average Bonchev–Trinajstić information content (AvgIpc) is 2.28. The number of hydrogen-bond acceptors (Lipinski definition) is 1. The van der Waals surface area contributed by atoms with Crippen molar-refractivity contribution < 1.29 is 0 Å². The molecule has 0 aliphatic carbocycles. The van der Waals surface area contributed by atoms with Crippen molar-refractivity contribution in [3.05, 3.63) is 69.2 Å². The third-order valence-corrected chi connectivity index (χ3v) is 3.31. The van der Waals surface area contributed by atoms with Crippen LogP contribution in [0, 0.1) is 26.2 Å². The number of hydrogen-bond donors (Lipinski definition) is 1. The zero-order chi connectivity index (χ0) is 13.3. The first-order valence-electron chi connectivity index (χ1n) is 5.92. The Bertz CT molecular complexity index is 574. The zero-order valence-electron chi connectivity index (χ0n) is 10.8. The van der Waals surface area contributed by atoms with Crippen molar-refractivity contribution in [1.82, 2.24) is 0 Å². The van der Waals surface area contributed by atoms with Crippen LogP contribution < -0.4 is 0 Å². The van der Waals surface area contributed by atoms with Gasteiger partial charge in [0, 0.05) is 16.1 Å². The van der Waals surface area contributed by atoms with Crippen LogP contribution in [0.25, 0.3) is 0 Å². The van der Waals surface area contributed by atoms with E-state index < -0.39 is 0 Å². The third kappa shape index (κ3) is 2.46. The Morgan fingerprint density at radius 2 is 1.44 bits per heavy atom. The molecular formula is C16H16ClN. The van der Waals surface area contributed by atoms with Gasteiger partial charge in [0.05, 0.1) is 5.71 Å². The molecule has 0 saturated carbocycles. The van der Waals surface area contributed by atoms with Crippen LogP contribution >= 0.6 is 11.6 Å². The molecule has 1 N–H and O–H groups in total. The second-order valence-corrected chi connectivity index (χ2v) is 5.09. The fourth-order valence-corrected chi connectivity index (χ4v) is 2.46. The second-order valence-electron chi connectivity index (χ2n) is 4.66. The van der Waals surface area contributed by atoms with Gasteiger partial charge >= 0.3 is 0 Å². The van der Waals surface area contributed by atoms with Crippen LogP contribution in [-0.2, 0) is 0 Å². The lowest BCUT2D eigenvalue weighted by molar-refractivity contribution is 1.28. The Balaban J connectivity index is 2.49. The molecule has 0 bridgehead atoms. The number of rotatable bonds is 2. The first kappa shape index (κ1) is 12.8. The van der Waals surface area contributed by atoms with Crippen LogP contribution in [0.15, 0.2) is 36.4 Å². The minimum atomic E-state index is 0.557. The fourth-order valence-electron chi connectivity index (χ4n) is 2.34. The molecule has 0 aliphatic rings. The smallest absolute Gasteiger partial charge is 0.0689 e. The molecule has 1 nitrogen and oxygen atoms in total. The van der Waals surface area contributed by atoms with Crippen LogP contribution in [0.5, 0.6) is 0 Å². The largest absolute Gasteiger partial charge is 0.300 e. The van der Waals surface area contributed by atoms with Gasteiger partial charge in [-0.05, 0) is 44.0 Å². The van der Waals surface area contributed by atoms with Crippen molar-refractivity contribution in [3.63, 3.8) is 0 Å². The van der Waals surface area contributed by atoms with E-state index in [1.54, 1.807) is 0 Å². The molecule has 0 saturated heterocycles. The number of halogens is 1. The molecule has 2 aromatic rings. The summed E-state index contributed by atoms with van der Waals surface area (Å²) in [7, 11) is 0. The summed E-state index contributed by atoms with van der Waals surface area (Å²) >= 11 is 5.88. The predicted octanol–water partition coefficient (Wildman–Crippen LogP) is 4.68. The predicted molar refractivity (Wildman–Crippen MR) is 78.0 cm³/mol. The fraction of sp³-hybridized carbons (Fsp3) is 0.188. The Hall–Kier alpha value is -1.60. The normalized spacial score (nSPS) is 10.4. The van der Waals surface area contributed by atoms with Crippen molar-refractivity contribution >= 4 is 17.3 Å². The quantitative estimate of drug-likeness (QED) is 0.756. The highest BCUT2D eigenvalue weighted by atomic mass is 35.5. The lowest BCUT2D eigenvalue weighted by Crippen LogP contribution is -2.06. The number of nitrogens with one attached hydrogen (secondary N) is 1. The standard InChI is InChI=1S/C16H16ClN/c1-10-8-11(2)15(12(3)9-10)16(18)13-4-6-14(17)7-5-13/h4-9,18H,1-3H3. The summed E-state index contributed by atoms with van der Waals surface area (Å²) in [4.78, 5) is 0. The topological polar surface area (TPSA) is 23.9 Å². The highest BCUT2D eigenvalue weighted by molar-refractivity contribution is 6.30. The highest BCUT2D eigenvalue weighted by Gasteiger charge is 2.11. The van der Waals surface area contributed by atoms with Crippen LogP contribution in [0.4, 0.5) is 0 Å². The summed E-state index contributed by atoms with van der Waals surface area (Å²) in [6.45, 7) is 6.19. The van der Waals surface area contributed by atoms with Crippen LogP contribution in [0.2, 0.25) is 5.02 Å². The van der Waals surface area contributed by atoms with Crippen molar-refractivity contribution in [2.24, 2.45) is 0 Å². The summed E-state index contributed by atoms with van der Waals surface area (Å²) in [5.41, 5.74) is 6.00. The number of aryl methyl sites for hydroxylation is 3. The minimum absolute atomic E-state index is 0.557. The molecule has 0 aromatic heterocycles. The Labute approximate surface area is 113 Å². The van der Waals surface area contributed by atoms with E-state index in [1.807, 2.05) is 24.3 Å². The Kier molecular flexibility index (Phi) is 3.53. The molecule has 18 heavy (non-hydrogen) atoms. The SMILES string of the molecule is Cc1cc(C)c(C(=N)c2ccc(Cl)cc2)c(C)c1. The maximum atomic E-state index is 8.35. The van der Waals surface area contributed by atoms with E-state index in [2.05, 4.69) is 32.9 Å². The molecular weight excluding hydrogens is 242 g/mol. The molecule has 0 aliphatic heterocycles. The van der Waals surface area contributed by atoms with Gasteiger partial charge in [0.1, 0.15) is 0 Å². The summed E-state index contributed by atoms with van der Waals surface area (Å²) in [6, 6.07) is 11.7. The molecule has 2 rings (SSSR count). The van der Waals surface area contributed by atoms with Gasteiger partial charge in [-0.15, -0.1) is 0 Å². The molecule has 2 aromatic carbocycles.